The standard InChI is InChI=1S/C24H31ClN4O2.HI/c1-26-24(27-10-7-19-15-21(25)23-22(16-19)30-13-14-31-23)28-20-8-11-29(12-9-20)17-18-5-3-2-4-6-18;/h2-6,15-16,20H,7-14,17H2,1H3,(H2,26,27,28);1H. The number of hydrogen-bond donors (Lipinski definition) is 2. The van der Waals surface area contributed by atoms with Gasteiger partial charge in [0.05, 0.1) is 5.02 Å². The Morgan fingerprint density at radius 2 is 1.84 bits per heavy atom. The Bertz CT molecular complexity index is 889. The molecule has 2 aromatic carbocycles. The number of nitrogens with one attached hydrogen (secondary N) is 2. The summed E-state index contributed by atoms with van der Waals surface area (Å²) in [5.74, 6) is 2.24. The third-order valence-electron chi connectivity index (χ3n) is 5.76. The average molecular weight is 571 g/mol. The van der Waals surface area contributed by atoms with Gasteiger partial charge in [-0.05, 0) is 42.5 Å². The van der Waals surface area contributed by atoms with E-state index in [0.29, 0.717) is 30.0 Å². The lowest BCUT2D eigenvalue weighted by Gasteiger charge is -2.33. The summed E-state index contributed by atoms with van der Waals surface area (Å²) < 4.78 is 11.3. The Hall–Kier alpha value is -1.71. The first-order chi connectivity index (χ1) is 15.2. The minimum atomic E-state index is 0. The number of hydrogen-bond acceptors (Lipinski definition) is 4. The number of halogens is 2. The molecule has 2 aliphatic heterocycles. The summed E-state index contributed by atoms with van der Waals surface area (Å²) in [7, 11) is 1.82. The van der Waals surface area contributed by atoms with Crippen LogP contribution < -0.4 is 20.1 Å². The van der Waals surface area contributed by atoms with Crippen molar-refractivity contribution in [2.45, 2.75) is 31.8 Å². The third-order valence-corrected chi connectivity index (χ3v) is 6.04. The first-order valence-corrected chi connectivity index (χ1v) is 11.4. The van der Waals surface area contributed by atoms with Gasteiger partial charge < -0.3 is 20.1 Å². The zero-order valence-electron chi connectivity index (χ0n) is 18.5. The van der Waals surface area contributed by atoms with Gasteiger partial charge in [0.25, 0.3) is 0 Å². The molecule has 0 aromatic heterocycles. The highest BCUT2D eigenvalue weighted by atomic mass is 127. The van der Waals surface area contributed by atoms with Crippen LogP contribution in [0.2, 0.25) is 5.02 Å². The summed E-state index contributed by atoms with van der Waals surface area (Å²) in [6, 6.07) is 15.1. The average Bonchev–Trinajstić information content (AvgIpc) is 2.80. The topological polar surface area (TPSA) is 58.1 Å². The largest absolute Gasteiger partial charge is 0.486 e. The molecular formula is C24H32ClIN4O2. The van der Waals surface area contributed by atoms with E-state index in [4.69, 9.17) is 21.1 Å². The van der Waals surface area contributed by atoms with E-state index in [1.807, 2.05) is 19.2 Å². The Kier molecular flexibility index (Phi) is 9.74. The highest BCUT2D eigenvalue weighted by molar-refractivity contribution is 14.0. The van der Waals surface area contributed by atoms with E-state index >= 15 is 0 Å². The quantitative estimate of drug-likeness (QED) is 0.311. The van der Waals surface area contributed by atoms with E-state index < -0.39 is 0 Å². The smallest absolute Gasteiger partial charge is 0.191 e. The molecule has 0 spiro atoms. The molecule has 0 aliphatic carbocycles. The molecule has 1 saturated heterocycles. The summed E-state index contributed by atoms with van der Waals surface area (Å²) in [5, 5.41) is 7.61. The maximum atomic E-state index is 6.34. The number of guanidine groups is 1. The van der Waals surface area contributed by atoms with Crippen LogP contribution in [-0.4, -0.2) is 56.8 Å². The van der Waals surface area contributed by atoms with Gasteiger partial charge in [0, 0.05) is 39.3 Å². The van der Waals surface area contributed by atoms with Gasteiger partial charge in [-0.25, -0.2) is 0 Å². The predicted molar refractivity (Wildman–Crippen MR) is 141 cm³/mol. The fraction of sp³-hybridized carbons (Fsp3) is 0.458. The highest BCUT2D eigenvalue weighted by Crippen LogP contribution is 2.38. The number of benzene rings is 2. The van der Waals surface area contributed by atoms with Crippen LogP contribution in [0.4, 0.5) is 0 Å². The van der Waals surface area contributed by atoms with Crippen LogP contribution in [0.3, 0.4) is 0 Å². The molecule has 8 heteroatoms. The van der Waals surface area contributed by atoms with Crippen LogP contribution in [0.5, 0.6) is 11.5 Å². The van der Waals surface area contributed by atoms with Crippen LogP contribution in [0, 0.1) is 0 Å². The van der Waals surface area contributed by atoms with Crippen molar-refractivity contribution in [1.29, 1.82) is 0 Å². The zero-order valence-corrected chi connectivity index (χ0v) is 21.6. The molecule has 174 valence electrons. The maximum absolute atomic E-state index is 6.34. The molecule has 2 N–H and O–H groups in total. The van der Waals surface area contributed by atoms with Crippen molar-refractivity contribution in [1.82, 2.24) is 15.5 Å². The van der Waals surface area contributed by atoms with Crippen molar-refractivity contribution >= 4 is 41.5 Å². The van der Waals surface area contributed by atoms with E-state index in [1.165, 1.54) is 5.56 Å². The number of piperidine rings is 1. The Morgan fingerprint density at radius 1 is 1.09 bits per heavy atom. The van der Waals surface area contributed by atoms with Crippen LogP contribution in [0.1, 0.15) is 24.0 Å². The molecular weight excluding hydrogens is 539 g/mol. The van der Waals surface area contributed by atoms with Gasteiger partial charge in [0.15, 0.2) is 17.5 Å². The van der Waals surface area contributed by atoms with Gasteiger partial charge in [0.2, 0.25) is 0 Å². The molecule has 0 bridgehead atoms. The van der Waals surface area contributed by atoms with Crippen molar-refractivity contribution in [3.63, 3.8) is 0 Å². The molecule has 0 unspecified atom stereocenters. The van der Waals surface area contributed by atoms with Gasteiger partial charge in [-0.1, -0.05) is 41.9 Å². The van der Waals surface area contributed by atoms with Crippen LogP contribution in [0.15, 0.2) is 47.5 Å². The monoisotopic (exact) mass is 570 g/mol. The normalized spacial score (nSPS) is 16.9. The number of rotatable bonds is 6. The molecule has 2 aromatic rings. The van der Waals surface area contributed by atoms with Crippen molar-refractivity contribution in [2.24, 2.45) is 4.99 Å². The van der Waals surface area contributed by atoms with Gasteiger partial charge in [-0.15, -0.1) is 24.0 Å². The molecule has 32 heavy (non-hydrogen) atoms. The maximum Gasteiger partial charge on any atom is 0.191 e. The molecule has 2 heterocycles. The molecule has 0 radical (unpaired) electrons. The van der Waals surface area contributed by atoms with Crippen molar-refractivity contribution in [3.05, 3.63) is 58.6 Å². The molecule has 0 amide bonds. The molecule has 4 rings (SSSR count). The van der Waals surface area contributed by atoms with E-state index in [1.54, 1.807) is 0 Å². The van der Waals surface area contributed by atoms with Crippen molar-refractivity contribution in [2.75, 3.05) is 39.9 Å². The fourth-order valence-electron chi connectivity index (χ4n) is 4.10. The minimum Gasteiger partial charge on any atom is -0.486 e. The second-order valence-electron chi connectivity index (χ2n) is 8.03. The summed E-state index contributed by atoms with van der Waals surface area (Å²) in [6.45, 7) is 5.09. The first-order valence-electron chi connectivity index (χ1n) is 11.0. The Morgan fingerprint density at radius 3 is 2.59 bits per heavy atom. The molecule has 6 nitrogen and oxygen atoms in total. The van der Waals surface area contributed by atoms with Crippen LogP contribution in [-0.2, 0) is 13.0 Å². The van der Waals surface area contributed by atoms with Gasteiger partial charge >= 0.3 is 0 Å². The molecule has 0 atom stereocenters. The van der Waals surface area contributed by atoms with E-state index in [9.17, 15) is 0 Å². The van der Waals surface area contributed by atoms with Crippen molar-refractivity contribution in [3.8, 4) is 11.5 Å². The molecule has 1 fully saturated rings. The van der Waals surface area contributed by atoms with Crippen LogP contribution >= 0.6 is 35.6 Å². The zero-order chi connectivity index (χ0) is 21.5. The number of fused-ring (bicyclic) bond motifs is 1. The molecule has 2 aliphatic rings. The number of likely N-dealkylation sites (tertiary alicyclic amines) is 1. The lowest BCUT2D eigenvalue weighted by Crippen LogP contribution is -2.48. The fourth-order valence-corrected chi connectivity index (χ4v) is 4.39. The SMILES string of the molecule is CN=C(NCCc1cc(Cl)c2c(c1)OCCO2)NC1CCN(Cc2ccccc2)CC1.I. The van der Waals surface area contributed by atoms with E-state index in [-0.39, 0.29) is 24.0 Å². The second kappa shape index (κ2) is 12.5. The summed E-state index contributed by atoms with van der Waals surface area (Å²) in [4.78, 5) is 6.92. The van der Waals surface area contributed by atoms with Gasteiger partial charge in [-0.3, -0.25) is 9.89 Å². The predicted octanol–water partition coefficient (Wildman–Crippen LogP) is 4.10. The Balaban J connectivity index is 0.00000289. The van der Waals surface area contributed by atoms with Crippen molar-refractivity contribution < 1.29 is 9.47 Å². The molecule has 0 saturated carbocycles. The number of aliphatic imine (C=N–C) groups is 1. The highest BCUT2D eigenvalue weighted by Gasteiger charge is 2.20. The van der Waals surface area contributed by atoms with E-state index in [0.717, 1.165) is 62.7 Å². The summed E-state index contributed by atoms with van der Waals surface area (Å²) in [5.41, 5.74) is 2.50. The summed E-state index contributed by atoms with van der Waals surface area (Å²) >= 11 is 6.34. The number of ether oxygens (including phenoxy) is 2. The second-order valence-corrected chi connectivity index (χ2v) is 8.44. The Labute approximate surface area is 212 Å². The first kappa shape index (κ1) is 24.9. The lowest BCUT2D eigenvalue weighted by atomic mass is 10.0. The van der Waals surface area contributed by atoms with Gasteiger partial charge in [0.1, 0.15) is 13.2 Å². The summed E-state index contributed by atoms with van der Waals surface area (Å²) in [6.07, 6.45) is 3.06. The van der Waals surface area contributed by atoms with Gasteiger partial charge in [-0.2, -0.15) is 0 Å². The third kappa shape index (κ3) is 6.89. The minimum absolute atomic E-state index is 0. The lowest BCUT2D eigenvalue weighted by molar-refractivity contribution is 0.171. The number of nitrogens with zero attached hydrogens (tertiary/aromatic N) is 2. The van der Waals surface area contributed by atoms with E-state index in [2.05, 4.69) is 50.9 Å². The van der Waals surface area contributed by atoms with Crippen LogP contribution in [0.25, 0.3) is 0 Å².